The van der Waals surface area contributed by atoms with Crippen LogP contribution < -0.4 is 5.32 Å². The predicted octanol–water partition coefficient (Wildman–Crippen LogP) is 4.46. The molecule has 0 aromatic heterocycles. The molecule has 1 nitrogen and oxygen atoms in total. The lowest BCUT2D eigenvalue weighted by atomic mass is 10.0. The number of nitrogens with one attached hydrogen (secondary N) is 1. The first-order valence-corrected chi connectivity index (χ1v) is 6.38. The number of rotatable bonds is 7. The van der Waals surface area contributed by atoms with E-state index in [4.69, 9.17) is 0 Å². The third-order valence-electron chi connectivity index (χ3n) is 2.85. The lowest BCUT2D eigenvalue weighted by molar-refractivity contribution is -0.133. The van der Waals surface area contributed by atoms with Crippen LogP contribution in [0.2, 0.25) is 0 Å². The van der Waals surface area contributed by atoms with E-state index in [0.717, 1.165) is 24.8 Å². The summed E-state index contributed by atoms with van der Waals surface area (Å²) in [4.78, 5) is 0. The Morgan fingerprint density at radius 2 is 1.83 bits per heavy atom. The first-order valence-electron chi connectivity index (χ1n) is 6.38. The van der Waals surface area contributed by atoms with Crippen molar-refractivity contribution in [1.29, 1.82) is 0 Å². The molecule has 0 amide bonds. The Kier molecular flexibility index (Phi) is 6.19. The summed E-state index contributed by atoms with van der Waals surface area (Å²) in [5, 5.41) is 3.01. The lowest BCUT2D eigenvalue weighted by Crippen LogP contribution is -2.26. The third-order valence-corrected chi connectivity index (χ3v) is 2.85. The fourth-order valence-electron chi connectivity index (χ4n) is 1.87. The van der Waals surface area contributed by atoms with E-state index in [2.05, 4.69) is 12.2 Å². The van der Waals surface area contributed by atoms with Crippen LogP contribution in [0.1, 0.15) is 44.2 Å². The summed E-state index contributed by atoms with van der Waals surface area (Å²) in [5.41, 5.74) is 1.06. The summed E-state index contributed by atoms with van der Waals surface area (Å²) in [6.45, 7) is 2.06. The van der Waals surface area contributed by atoms with Gasteiger partial charge in [0.1, 0.15) is 0 Å². The van der Waals surface area contributed by atoms with E-state index < -0.39 is 12.6 Å². The Balaban J connectivity index is 2.51. The molecule has 0 radical (unpaired) electrons. The van der Waals surface area contributed by atoms with Crippen molar-refractivity contribution in [2.45, 2.75) is 44.8 Å². The van der Waals surface area contributed by atoms with E-state index in [1.807, 2.05) is 30.3 Å². The summed E-state index contributed by atoms with van der Waals surface area (Å²) >= 11 is 0. The fourth-order valence-corrected chi connectivity index (χ4v) is 1.87. The van der Waals surface area contributed by atoms with Crippen LogP contribution in [0.25, 0.3) is 0 Å². The normalized spacial score (nSPS) is 13.6. The molecule has 1 unspecified atom stereocenters. The molecule has 18 heavy (non-hydrogen) atoms. The molecule has 0 heterocycles. The molecule has 0 aliphatic carbocycles. The Morgan fingerprint density at radius 1 is 1.17 bits per heavy atom. The van der Waals surface area contributed by atoms with Crippen LogP contribution in [-0.2, 0) is 0 Å². The molecule has 1 aromatic rings. The second-order valence-electron chi connectivity index (χ2n) is 4.42. The number of benzene rings is 1. The Labute approximate surface area is 106 Å². The lowest BCUT2D eigenvalue weighted by Gasteiger charge is -2.19. The molecule has 0 saturated carbocycles. The topological polar surface area (TPSA) is 12.0 Å². The van der Waals surface area contributed by atoms with Crippen molar-refractivity contribution < 1.29 is 13.2 Å². The molecule has 0 spiro atoms. The van der Waals surface area contributed by atoms with Crippen molar-refractivity contribution in [2.24, 2.45) is 0 Å². The molecule has 1 N–H and O–H groups in total. The number of alkyl halides is 3. The maximum Gasteiger partial charge on any atom is 0.390 e. The minimum atomic E-state index is -4.08. The molecule has 4 heteroatoms. The van der Waals surface area contributed by atoms with E-state index in [-0.39, 0.29) is 12.6 Å². The van der Waals surface area contributed by atoms with Crippen molar-refractivity contribution in [3.63, 3.8) is 0 Å². The zero-order valence-electron chi connectivity index (χ0n) is 10.6. The zero-order valence-corrected chi connectivity index (χ0v) is 10.6. The average Bonchev–Trinajstić information content (AvgIpc) is 2.33. The summed E-state index contributed by atoms with van der Waals surface area (Å²) in [7, 11) is 0. The van der Waals surface area contributed by atoms with Crippen LogP contribution in [0.3, 0.4) is 0 Å². The third kappa shape index (κ3) is 6.05. The van der Waals surface area contributed by atoms with Crippen molar-refractivity contribution >= 4 is 0 Å². The van der Waals surface area contributed by atoms with Gasteiger partial charge in [-0.05, 0) is 12.0 Å². The first-order chi connectivity index (χ1) is 8.53. The average molecular weight is 259 g/mol. The summed E-state index contributed by atoms with van der Waals surface area (Å²) in [6.07, 6.45) is -1.93. The van der Waals surface area contributed by atoms with Crippen molar-refractivity contribution in [3.8, 4) is 0 Å². The fraction of sp³-hybridized carbons (Fsp3) is 0.571. The minimum absolute atomic E-state index is 0.0211. The van der Waals surface area contributed by atoms with Gasteiger partial charge >= 0.3 is 6.18 Å². The maximum atomic E-state index is 12.1. The van der Waals surface area contributed by atoms with Gasteiger partial charge in [0.25, 0.3) is 0 Å². The van der Waals surface area contributed by atoms with E-state index in [1.54, 1.807) is 0 Å². The van der Waals surface area contributed by atoms with Gasteiger partial charge in [-0.15, -0.1) is 0 Å². The van der Waals surface area contributed by atoms with Gasteiger partial charge in [-0.2, -0.15) is 13.2 Å². The van der Waals surface area contributed by atoms with Crippen LogP contribution in [-0.4, -0.2) is 12.7 Å². The summed E-state index contributed by atoms with van der Waals surface area (Å²) in [5.74, 6) is 0. The number of halogens is 3. The molecule has 0 aliphatic heterocycles. The Hall–Kier alpha value is -1.03. The SMILES string of the molecule is CCCCC(NCCC(F)(F)F)c1ccccc1. The first kappa shape index (κ1) is 15.0. The summed E-state index contributed by atoms with van der Waals surface area (Å²) in [6, 6.07) is 9.69. The standard InChI is InChI=1S/C14H20F3N/c1-2-3-9-13(12-7-5-4-6-8-12)18-11-10-14(15,16)17/h4-8,13,18H,2-3,9-11H2,1H3. The van der Waals surface area contributed by atoms with E-state index in [0.29, 0.717) is 0 Å². The van der Waals surface area contributed by atoms with E-state index in [1.165, 1.54) is 0 Å². The van der Waals surface area contributed by atoms with Crippen molar-refractivity contribution in [1.82, 2.24) is 5.32 Å². The van der Waals surface area contributed by atoms with Gasteiger partial charge < -0.3 is 5.32 Å². The van der Waals surface area contributed by atoms with E-state index >= 15 is 0 Å². The highest BCUT2D eigenvalue weighted by Crippen LogP contribution is 2.22. The number of unbranched alkanes of at least 4 members (excludes halogenated alkanes) is 1. The molecule has 102 valence electrons. The van der Waals surface area contributed by atoms with Gasteiger partial charge in [0, 0.05) is 12.6 Å². The Morgan fingerprint density at radius 3 is 2.39 bits per heavy atom. The van der Waals surface area contributed by atoms with E-state index in [9.17, 15) is 13.2 Å². The molecule has 0 aliphatic rings. The Bertz CT molecular complexity index is 322. The highest BCUT2D eigenvalue weighted by atomic mass is 19.4. The molecule has 0 fully saturated rings. The summed E-state index contributed by atoms with van der Waals surface area (Å²) < 4.78 is 36.4. The van der Waals surface area contributed by atoms with Gasteiger partial charge in [0.2, 0.25) is 0 Å². The van der Waals surface area contributed by atoms with Gasteiger partial charge in [-0.3, -0.25) is 0 Å². The predicted molar refractivity (Wildman–Crippen MR) is 67.4 cm³/mol. The molecule has 1 aromatic carbocycles. The molecule has 0 saturated heterocycles. The zero-order chi connectivity index (χ0) is 13.4. The molecule has 1 rings (SSSR count). The highest BCUT2D eigenvalue weighted by Gasteiger charge is 2.26. The number of hydrogen-bond acceptors (Lipinski definition) is 1. The van der Waals surface area contributed by atoms with Crippen LogP contribution in [0.15, 0.2) is 30.3 Å². The van der Waals surface area contributed by atoms with Gasteiger partial charge in [-0.1, -0.05) is 50.1 Å². The molecule has 1 atom stereocenters. The van der Waals surface area contributed by atoms with Gasteiger partial charge in [0.05, 0.1) is 6.42 Å². The minimum Gasteiger partial charge on any atom is -0.310 e. The monoisotopic (exact) mass is 259 g/mol. The largest absolute Gasteiger partial charge is 0.390 e. The van der Waals surface area contributed by atoms with Crippen LogP contribution in [0, 0.1) is 0 Å². The number of hydrogen-bond donors (Lipinski definition) is 1. The maximum absolute atomic E-state index is 12.1. The van der Waals surface area contributed by atoms with Crippen LogP contribution in [0.5, 0.6) is 0 Å². The smallest absolute Gasteiger partial charge is 0.310 e. The second kappa shape index (κ2) is 7.41. The van der Waals surface area contributed by atoms with Gasteiger partial charge in [-0.25, -0.2) is 0 Å². The quantitative estimate of drug-likeness (QED) is 0.762. The van der Waals surface area contributed by atoms with Crippen LogP contribution in [0.4, 0.5) is 13.2 Å². The highest BCUT2D eigenvalue weighted by molar-refractivity contribution is 5.18. The molecule has 0 bridgehead atoms. The van der Waals surface area contributed by atoms with Gasteiger partial charge in [0.15, 0.2) is 0 Å². The molecular formula is C14H20F3N. The second-order valence-corrected chi connectivity index (χ2v) is 4.42. The van der Waals surface area contributed by atoms with Crippen molar-refractivity contribution in [3.05, 3.63) is 35.9 Å². The van der Waals surface area contributed by atoms with Crippen molar-refractivity contribution in [2.75, 3.05) is 6.54 Å². The molecular weight excluding hydrogens is 239 g/mol. The van der Waals surface area contributed by atoms with Crippen LogP contribution >= 0.6 is 0 Å².